The van der Waals surface area contributed by atoms with Gasteiger partial charge in [0, 0.05) is 18.8 Å². The molecule has 0 spiro atoms. The Morgan fingerprint density at radius 3 is 2.26 bits per heavy atom. The third kappa shape index (κ3) is 3.64. The van der Waals surface area contributed by atoms with Gasteiger partial charge in [-0.05, 0) is 36.4 Å². The highest BCUT2D eigenvalue weighted by Crippen LogP contribution is 2.28. The van der Waals surface area contributed by atoms with E-state index in [0.717, 1.165) is 0 Å². The highest BCUT2D eigenvalue weighted by atomic mass is 32.2. The molecule has 3 aromatic rings. The van der Waals surface area contributed by atoms with Crippen molar-refractivity contribution in [1.82, 2.24) is 9.97 Å². The second kappa shape index (κ2) is 7.01. The van der Waals surface area contributed by atoms with Crippen LogP contribution in [-0.2, 0) is 14.8 Å². The molecule has 0 aliphatic carbocycles. The number of nitrogens with two attached hydrogens (primary N) is 1. The van der Waals surface area contributed by atoms with Crippen LogP contribution in [0.5, 0.6) is 0 Å². The first kappa shape index (κ1) is 17.5. The minimum atomic E-state index is -3.83. The summed E-state index contributed by atoms with van der Waals surface area (Å²) in [5.74, 6) is 0.698. The summed E-state index contributed by atoms with van der Waals surface area (Å²) in [5.41, 5.74) is 7.46. The Kier molecular flexibility index (Phi) is 4.54. The van der Waals surface area contributed by atoms with Crippen LogP contribution in [0.1, 0.15) is 0 Å². The number of morpholine rings is 1. The lowest BCUT2D eigenvalue weighted by molar-refractivity contribution is 0.122. The Labute approximate surface area is 157 Å². The van der Waals surface area contributed by atoms with Gasteiger partial charge >= 0.3 is 0 Å². The van der Waals surface area contributed by atoms with Crippen LogP contribution in [0.25, 0.3) is 11.0 Å². The van der Waals surface area contributed by atoms with E-state index in [2.05, 4.69) is 14.7 Å². The van der Waals surface area contributed by atoms with Crippen LogP contribution in [0.15, 0.2) is 53.4 Å². The second-order valence-corrected chi connectivity index (χ2v) is 7.84. The molecule has 1 aliphatic heterocycles. The number of rotatable bonds is 4. The maximum absolute atomic E-state index is 12.8. The van der Waals surface area contributed by atoms with E-state index in [4.69, 9.17) is 10.5 Å². The van der Waals surface area contributed by atoms with Crippen LogP contribution in [0, 0.1) is 0 Å². The predicted octanol–water partition coefficient (Wildman–Crippen LogP) is 1.85. The minimum Gasteiger partial charge on any atom is -0.399 e. The normalized spacial score (nSPS) is 15.0. The van der Waals surface area contributed by atoms with Crippen LogP contribution in [-0.4, -0.2) is 44.7 Å². The van der Waals surface area contributed by atoms with Crippen molar-refractivity contribution in [2.45, 2.75) is 4.90 Å². The fourth-order valence-corrected chi connectivity index (χ4v) is 3.89. The first-order valence-electron chi connectivity index (χ1n) is 8.51. The van der Waals surface area contributed by atoms with Crippen LogP contribution in [0.2, 0.25) is 0 Å². The molecule has 1 aliphatic rings. The number of fused-ring (bicyclic) bond motifs is 1. The van der Waals surface area contributed by atoms with Crippen molar-refractivity contribution in [2.75, 3.05) is 41.7 Å². The lowest BCUT2D eigenvalue weighted by Crippen LogP contribution is -2.37. The molecule has 0 amide bonds. The molecule has 8 nitrogen and oxygen atoms in total. The second-order valence-electron chi connectivity index (χ2n) is 6.16. The van der Waals surface area contributed by atoms with Gasteiger partial charge in [0.15, 0.2) is 11.6 Å². The summed E-state index contributed by atoms with van der Waals surface area (Å²) >= 11 is 0. The van der Waals surface area contributed by atoms with Gasteiger partial charge in [0.2, 0.25) is 0 Å². The SMILES string of the molecule is Nc1ccc(S(=O)(=O)Nc2nc3ccccc3nc2N2CCOCC2)cc1. The van der Waals surface area contributed by atoms with Crippen molar-refractivity contribution >= 4 is 38.4 Å². The van der Waals surface area contributed by atoms with Crippen molar-refractivity contribution in [2.24, 2.45) is 0 Å². The third-order valence-electron chi connectivity index (χ3n) is 4.28. The summed E-state index contributed by atoms with van der Waals surface area (Å²) in [4.78, 5) is 11.3. The predicted molar refractivity (Wildman–Crippen MR) is 104 cm³/mol. The number of ether oxygens (including phenoxy) is 1. The smallest absolute Gasteiger partial charge is 0.263 e. The zero-order valence-corrected chi connectivity index (χ0v) is 15.3. The fourth-order valence-electron chi connectivity index (χ4n) is 2.89. The molecule has 4 rings (SSSR count). The number of hydrogen-bond donors (Lipinski definition) is 2. The van der Waals surface area contributed by atoms with Crippen LogP contribution in [0.4, 0.5) is 17.3 Å². The van der Waals surface area contributed by atoms with Gasteiger partial charge in [-0.15, -0.1) is 0 Å². The zero-order chi connectivity index (χ0) is 18.9. The maximum Gasteiger partial charge on any atom is 0.263 e. The fraction of sp³-hybridized carbons (Fsp3) is 0.222. The summed E-state index contributed by atoms with van der Waals surface area (Å²) in [6.07, 6.45) is 0. The molecule has 9 heteroatoms. The van der Waals surface area contributed by atoms with Crippen molar-refractivity contribution in [1.29, 1.82) is 0 Å². The maximum atomic E-state index is 12.8. The monoisotopic (exact) mass is 385 g/mol. The van der Waals surface area contributed by atoms with Gasteiger partial charge in [-0.2, -0.15) is 0 Å². The van der Waals surface area contributed by atoms with Gasteiger partial charge in [0.25, 0.3) is 10.0 Å². The molecule has 3 N–H and O–H groups in total. The highest BCUT2D eigenvalue weighted by Gasteiger charge is 2.23. The quantitative estimate of drug-likeness (QED) is 0.659. The van der Waals surface area contributed by atoms with Gasteiger partial charge < -0.3 is 15.4 Å². The number of sulfonamides is 1. The Morgan fingerprint density at radius 1 is 0.963 bits per heavy atom. The Morgan fingerprint density at radius 2 is 1.59 bits per heavy atom. The van der Waals surface area contributed by atoms with Crippen LogP contribution in [0.3, 0.4) is 0 Å². The summed E-state index contributed by atoms with van der Waals surface area (Å²) < 4.78 is 33.6. The van der Waals surface area contributed by atoms with E-state index in [1.54, 1.807) is 18.2 Å². The summed E-state index contributed by atoms with van der Waals surface area (Å²) in [7, 11) is -3.83. The lowest BCUT2D eigenvalue weighted by atomic mass is 10.3. The zero-order valence-electron chi connectivity index (χ0n) is 14.5. The van der Waals surface area contributed by atoms with E-state index >= 15 is 0 Å². The number of nitrogens with zero attached hydrogens (tertiary/aromatic N) is 3. The Hall–Kier alpha value is -2.91. The van der Waals surface area contributed by atoms with E-state index < -0.39 is 10.0 Å². The molecule has 1 saturated heterocycles. The molecule has 1 aromatic heterocycles. The molecular formula is C18H19N5O3S. The number of nitrogen functional groups attached to an aromatic ring is 1. The number of benzene rings is 2. The molecule has 0 radical (unpaired) electrons. The number of anilines is 3. The van der Waals surface area contributed by atoms with Crippen molar-refractivity contribution in [3.63, 3.8) is 0 Å². The highest BCUT2D eigenvalue weighted by molar-refractivity contribution is 7.92. The molecule has 1 fully saturated rings. The van der Waals surface area contributed by atoms with Crippen molar-refractivity contribution < 1.29 is 13.2 Å². The summed E-state index contributed by atoms with van der Waals surface area (Å²) in [6, 6.07) is 13.4. The van der Waals surface area contributed by atoms with E-state index in [1.165, 1.54) is 12.1 Å². The molecule has 0 unspecified atom stereocenters. The number of hydrogen-bond acceptors (Lipinski definition) is 7. The first-order valence-corrected chi connectivity index (χ1v) is 9.99. The minimum absolute atomic E-state index is 0.111. The van der Waals surface area contributed by atoms with Gasteiger partial charge in [0.05, 0.1) is 29.1 Å². The Bertz CT molecular complexity index is 1060. The van der Waals surface area contributed by atoms with Gasteiger partial charge in [-0.1, -0.05) is 12.1 Å². The number of nitrogens with one attached hydrogen (secondary N) is 1. The van der Waals surface area contributed by atoms with Crippen LogP contribution >= 0.6 is 0 Å². The van der Waals surface area contributed by atoms with E-state index in [9.17, 15) is 8.42 Å². The van der Waals surface area contributed by atoms with Crippen LogP contribution < -0.4 is 15.4 Å². The van der Waals surface area contributed by atoms with Crippen molar-refractivity contribution in [3.05, 3.63) is 48.5 Å². The third-order valence-corrected chi connectivity index (χ3v) is 5.64. The molecule has 2 heterocycles. The largest absolute Gasteiger partial charge is 0.399 e. The molecule has 0 atom stereocenters. The lowest BCUT2D eigenvalue weighted by Gasteiger charge is -2.29. The average molecular weight is 385 g/mol. The van der Waals surface area contributed by atoms with Gasteiger partial charge in [-0.25, -0.2) is 18.4 Å². The first-order chi connectivity index (χ1) is 13.0. The van der Waals surface area contributed by atoms with E-state index in [0.29, 0.717) is 48.8 Å². The summed E-state index contributed by atoms with van der Waals surface area (Å²) in [5, 5.41) is 0. The molecule has 140 valence electrons. The molecule has 0 saturated carbocycles. The number of para-hydroxylation sites is 2. The molecule has 0 bridgehead atoms. The average Bonchev–Trinajstić information content (AvgIpc) is 2.68. The molecule has 2 aromatic carbocycles. The Balaban J connectivity index is 1.77. The standard InChI is InChI=1S/C18H19N5O3S/c19-13-5-7-14(8-6-13)27(24,25)22-17-18(23-9-11-26-12-10-23)21-16-4-2-1-3-15(16)20-17/h1-8H,9-12,19H2,(H,20,22). The van der Waals surface area contributed by atoms with Gasteiger partial charge in [-0.3, -0.25) is 4.72 Å². The topological polar surface area (TPSA) is 110 Å². The number of aromatic nitrogens is 2. The van der Waals surface area contributed by atoms with E-state index in [1.807, 2.05) is 23.1 Å². The van der Waals surface area contributed by atoms with Gasteiger partial charge in [0.1, 0.15) is 0 Å². The molecular weight excluding hydrogens is 366 g/mol. The van der Waals surface area contributed by atoms with E-state index in [-0.39, 0.29) is 10.7 Å². The van der Waals surface area contributed by atoms with Crippen molar-refractivity contribution in [3.8, 4) is 0 Å². The molecule has 27 heavy (non-hydrogen) atoms. The summed E-state index contributed by atoms with van der Waals surface area (Å²) in [6.45, 7) is 2.34.